The van der Waals surface area contributed by atoms with Gasteiger partial charge >= 0.3 is 5.97 Å². The topological polar surface area (TPSA) is 108 Å². The number of ether oxygens (including phenoxy) is 3. The van der Waals surface area contributed by atoms with E-state index in [0.717, 1.165) is 16.2 Å². The fraction of sp³-hybridized carbons (Fsp3) is 0.208. The van der Waals surface area contributed by atoms with Crippen molar-refractivity contribution in [2.75, 3.05) is 20.8 Å². The first-order chi connectivity index (χ1) is 17.1. The Bertz CT molecular complexity index is 1410. The van der Waals surface area contributed by atoms with Gasteiger partial charge in [0.15, 0.2) is 23.8 Å². The maximum absolute atomic E-state index is 13.2. The summed E-state index contributed by atoms with van der Waals surface area (Å²) >= 11 is 1.55. The first-order valence-electron chi connectivity index (χ1n) is 10.7. The fourth-order valence-corrected chi connectivity index (χ4v) is 4.60. The van der Waals surface area contributed by atoms with Crippen LogP contribution in [0.1, 0.15) is 33.3 Å². The molecule has 1 unspecified atom stereocenters. The molecule has 1 aromatic carbocycles. The molecule has 178 valence electrons. The van der Waals surface area contributed by atoms with E-state index in [9.17, 15) is 9.59 Å². The Labute approximate surface area is 204 Å². The van der Waals surface area contributed by atoms with Crippen molar-refractivity contribution in [3.05, 3.63) is 76.4 Å². The van der Waals surface area contributed by atoms with Crippen molar-refractivity contribution in [2.45, 2.75) is 12.5 Å². The Kier molecular flexibility index (Phi) is 6.15. The van der Waals surface area contributed by atoms with Crippen LogP contribution in [0, 0.1) is 0 Å². The van der Waals surface area contributed by atoms with Gasteiger partial charge in [-0.05, 0) is 41.3 Å². The van der Waals surface area contributed by atoms with Crippen LogP contribution in [0.25, 0.3) is 5.65 Å². The molecule has 11 heteroatoms. The van der Waals surface area contributed by atoms with Crippen LogP contribution in [0.4, 0.5) is 0 Å². The standard InChI is InChI=1S/C24H21N5O5S/c1-32-19-7-5-15(10-20(19)33-2)18-11-17(21-4-3-9-35-21)27-29(18)23(30)13-34-24(31)16-6-8-22-26-25-14-28(22)12-16/h3-10,12,14,18H,11,13H2,1-2H3. The highest BCUT2D eigenvalue weighted by Crippen LogP contribution is 2.37. The van der Waals surface area contributed by atoms with E-state index in [-0.39, 0.29) is 11.6 Å². The predicted molar refractivity (Wildman–Crippen MR) is 128 cm³/mol. The van der Waals surface area contributed by atoms with Gasteiger partial charge < -0.3 is 14.2 Å². The van der Waals surface area contributed by atoms with E-state index >= 15 is 0 Å². The second kappa shape index (κ2) is 9.55. The van der Waals surface area contributed by atoms with Crippen LogP contribution in [0.5, 0.6) is 11.5 Å². The molecular weight excluding hydrogens is 470 g/mol. The van der Waals surface area contributed by atoms with Crippen molar-refractivity contribution < 1.29 is 23.8 Å². The number of methoxy groups -OCH3 is 2. The van der Waals surface area contributed by atoms with Crippen LogP contribution in [0.3, 0.4) is 0 Å². The molecule has 0 bridgehead atoms. The van der Waals surface area contributed by atoms with Gasteiger partial charge in [-0.25, -0.2) is 9.80 Å². The zero-order valence-corrected chi connectivity index (χ0v) is 19.8. The molecule has 4 heterocycles. The van der Waals surface area contributed by atoms with Gasteiger partial charge in [0.05, 0.1) is 36.4 Å². The normalized spacial score (nSPS) is 15.2. The lowest BCUT2D eigenvalue weighted by Gasteiger charge is -2.22. The van der Waals surface area contributed by atoms with Crippen LogP contribution >= 0.6 is 11.3 Å². The Balaban J connectivity index is 1.37. The van der Waals surface area contributed by atoms with E-state index in [1.165, 1.54) is 11.3 Å². The van der Waals surface area contributed by atoms with Crippen LogP contribution in [-0.2, 0) is 9.53 Å². The lowest BCUT2D eigenvalue weighted by molar-refractivity contribution is -0.136. The molecule has 4 aromatic rings. The fourth-order valence-electron chi connectivity index (χ4n) is 3.88. The maximum atomic E-state index is 13.2. The van der Waals surface area contributed by atoms with Crippen molar-refractivity contribution in [3.8, 4) is 11.5 Å². The molecule has 1 aliphatic heterocycles. The van der Waals surface area contributed by atoms with E-state index in [1.807, 2.05) is 29.6 Å². The van der Waals surface area contributed by atoms with E-state index in [4.69, 9.17) is 14.2 Å². The Morgan fingerprint density at radius 2 is 1.97 bits per heavy atom. The van der Waals surface area contributed by atoms with Gasteiger partial charge in [0.2, 0.25) is 0 Å². The number of pyridine rings is 1. The number of fused-ring (bicyclic) bond motifs is 1. The SMILES string of the molecule is COc1ccc(C2CC(c3cccs3)=NN2C(=O)COC(=O)c2ccc3nncn3c2)cc1OC. The van der Waals surface area contributed by atoms with Gasteiger partial charge in [-0.15, -0.1) is 21.5 Å². The molecule has 1 amide bonds. The highest BCUT2D eigenvalue weighted by atomic mass is 32.1. The molecule has 0 saturated heterocycles. The summed E-state index contributed by atoms with van der Waals surface area (Å²) in [7, 11) is 3.12. The van der Waals surface area contributed by atoms with E-state index in [1.54, 1.807) is 54.4 Å². The number of hydrazone groups is 1. The molecule has 3 aromatic heterocycles. The second-order valence-electron chi connectivity index (χ2n) is 7.69. The third-order valence-corrected chi connectivity index (χ3v) is 6.54. The number of rotatable bonds is 7. The Morgan fingerprint density at radius 1 is 1.11 bits per heavy atom. The first kappa shape index (κ1) is 22.5. The van der Waals surface area contributed by atoms with E-state index in [0.29, 0.717) is 23.6 Å². The average molecular weight is 492 g/mol. The molecule has 1 aliphatic rings. The number of amides is 1. The maximum Gasteiger partial charge on any atom is 0.340 e. The van der Waals surface area contributed by atoms with Crippen molar-refractivity contribution in [3.63, 3.8) is 0 Å². The Hall–Kier alpha value is -4.25. The minimum atomic E-state index is -0.627. The van der Waals surface area contributed by atoms with Crippen molar-refractivity contribution in [1.29, 1.82) is 0 Å². The molecule has 35 heavy (non-hydrogen) atoms. The van der Waals surface area contributed by atoms with Gasteiger partial charge in [0.25, 0.3) is 5.91 Å². The van der Waals surface area contributed by atoms with Crippen molar-refractivity contribution in [1.82, 2.24) is 19.6 Å². The van der Waals surface area contributed by atoms with Gasteiger partial charge in [-0.3, -0.25) is 9.20 Å². The van der Waals surface area contributed by atoms with Crippen LogP contribution in [-0.4, -0.2) is 58.0 Å². The first-order valence-corrected chi connectivity index (χ1v) is 11.6. The minimum Gasteiger partial charge on any atom is -0.493 e. The summed E-state index contributed by atoms with van der Waals surface area (Å²) in [5.41, 5.74) is 2.50. The molecule has 1 atom stereocenters. The third kappa shape index (κ3) is 4.45. The number of thiophene rings is 1. The Morgan fingerprint density at radius 3 is 2.74 bits per heavy atom. The van der Waals surface area contributed by atoms with E-state index in [2.05, 4.69) is 15.3 Å². The zero-order chi connectivity index (χ0) is 24.4. The van der Waals surface area contributed by atoms with Crippen molar-refractivity contribution in [2.24, 2.45) is 5.10 Å². The number of esters is 1. The largest absolute Gasteiger partial charge is 0.493 e. The molecular formula is C24H21N5O5S. The van der Waals surface area contributed by atoms with Gasteiger partial charge in [0.1, 0.15) is 6.33 Å². The monoisotopic (exact) mass is 491 g/mol. The number of aromatic nitrogens is 3. The summed E-state index contributed by atoms with van der Waals surface area (Å²) in [6, 6.07) is 12.2. The molecule has 10 nitrogen and oxygen atoms in total. The van der Waals surface area contributed by atoms with E-state index < -0.39 is 18.5 Å². The third-order valence-electron chi connectivity index (χ3n) is 5.62. The summed E-state index contributed by atoms with van der Waals surface area (Å²) in [5.74, 6) is 0.0802. The lowest BCUT2D eigenvalue weighted by atomic mass is 10.0. The highest BCUT2D eigenvalue weighted by molar-refractivity contribution is 7.12. The lowest BCUT2D eigenvalue weighted by Crippen LogP contribution is -2.31. The number of carbonyl (C=O) groups excluding carboxylic acids is 2. The molecule has 0 fully saturated rings. The van der Waals surface area contributed by atoms with Gasteiger partial charge in [0, 0.05) is 12.6 Å². The molecule has 0 aliphatic carbocycles. The smallest absolute Gasteiger partial charge is 0.340 e. The van der Waals surface area contributed by atoms with Gasteiger partial charge in [-0.2, -0.15) is 5.10 Å². The summed E-state index contributed by atoms with van der Waals surface area (Å²) in [6.45, 7) is -0.454. The van der Waals surface area contributed by atoms with Crippen LogP contribution in [0.2, 0.25) is 0 Å². The zero-order valence-electron chi connectivity index (χ0n) is 19.0. The van der Waals surface area contributed by atoms with Crippen LogP contribution < -0.4 is 9.47 Å². The van der Waals surface area contributed by atoms with Crippen molar-refractivity contribution >= 4 is 34.6 Å². The summed E-state index contributed by atoms with van der Waals surface area (Å²) in [5, 5.41) is 15.6. The number of carbonyl (C=O) groups is 2. The molecule has 0 spiro atoms. The van der Waals surface area contributed by atoms with Gasteiger partial charge in [-0.1, -0.05) is 12.1 Å². The number of nitrogens with zero attached hydrogens (tertiary/aromatic N) is 5. The quantitative estimate of drug-likeness (QED) is 0.365. The predicted octanol–water partition coefficient (Wildman–Crippen LogP) is 3.34. The molecule has 0 radical (unpaired) electrons. The van der Waals surface area contributed by atoms with Crippen LogP contribution in [0.15, 0.2) is 65.5 Å². The second-order valence-corrected chi connectivity index (χ2v) is 8.63. The summed E-state index contributed by atoms with van der Waals surface area (Å²) in [4.78, 5) is 26.7. The minimum absolute atomic E-state index is 0.283. The highest BCUT2D eigenvalue weighted by Gasteiger charge is 2.34. The average Bonchev–Trinajstić information content (AvgIpc) is 3.66. The molecule has 0 N–H and O–H groups in total. The number of hydrogen-bond donors (Lipinski definition) is 0. The molecule has 5 rings (SSSR count). The number of hydrogen-bond acceptors (Lipinski definition) is 9. The summed E-state index contributed by atoms with van der Waals surface area (Å²) in [6.07, 6.45) is 3.55. The number of benzene rings is 1. The summed E-state index contributed by atoms with van der Waals surface area (Å²) < 4.78 is 17.7. The molecule has 0 saturated carbocycles.